The second-order valence-corrected chi connectivity index (χ2v) is 8.24. The Morgan fingerprint density at radius 1 is 1.17 bits per heavy atom. The van der Waals surface area contributed by atoms with Crippen LogP contribution < -0.4 is 10.6 Å². The monoisotopic (exact) mass is 435 g/mol. The van der Waals surface area contributed by atoms with E-state index in [0.29, 0.717) is 22.1 Å². The van der Waals surface area contributed by atoms with Gasteiger partial charge in [-0.25, -0.2) is 0 Å². The minimum atomic E-state index is -4.37. The molecule has 5 nitrogen and oxygen atoms in total. The molecule has 29 heavy (non-hydrogen) atoms. The largest absolute Gasteiger partial charge is 0.416 e. The first-order chi connectivity index (χ1) is 13.8. The Labute approximate surface area is 174 Å². The van der Waals surface area contributed by atoms with Gasteiger partial charge in [0.05, 0.1) is 21.7 Å². The molecule has 1 fully saturated rings. The maximum absolute atomic E-state index is 12.8. The van der Waals surface area contributed by atoms with Gasteiger partial charge in [-0.1, -0.05) is 23.6 Å². The lowest BCUT2D eigenvalue weighted by Gasteiger charge is -2.18. The molecular formula is C19H16F3N5S2. The summed E-state index contributed by atoms with van der Waals surface area (Å²) >= 11 is 6.85. The topological polar surface area (TPSA) is 62.7 Å². The fraction of sp³-hybridized carbons (Fsp3) is 0.263. The van der Waals surface area contributed by atoms with Crippen LogP contribution >= 0.6 is 23.6 Å². The molecule has 3 aromatic rings. The molecule has 0 unspecified atom stereocenters. The number of nitrogens with zero attached hydrogens (tertiary/aromatic N) is 3. The predicted molar refractivity (Wildman–Crippen MR) is 110 cm³/mol. The Morgan fingerprint density at radius 2 is 1.93 bits per heavy atom. The Morgan fingerprint density at radius 3 is 2.59 bits per heavy atom. The van der Waals surface area contributed by atoms with Gasteiger partial charge < -0.3 is 10.6 Å². The van der Waals surface area contributed by atoms with E-state index in [9.17, 15) is 13.2 Å². The second-order valence-electron chi connectivity index (χ2n) is 6.85. The molecule has 0 aliphatic carbocycles. The van der Waals surface area contributed by atoms with E-state index in [1.54, 1.807) is 18.3 Å². The van der Waals surface area contributed by atoms with Crippen molar-refractivity contribution in [3.8, 4) is 10.7 Å². The first-order valence-corrected chi connectivity index (χ1v) is 10.0. The fourth-order valence-electron chi connectivity index (χ4n) is 3.06. The highest BCUT2D eigenvalue weighted by Crippen LogP contribution is 2.38. The quantitative estimate of drug-likeness (QED) is 0.566. The van der Waals surface area contributed by atoms with Crippen molar-refractivity contribution < 1.29 is 13.2 Å². The third-order valence-electron chi connectivity index (χ3n) is 4.81. The molecule has 0 saturated carbocycles. The number of anilines is 2. The summed E-state index contributed by atoms with van der Waals surface area (Å²) in [5.41, 5.74) is 0.688. The third-order valence-corrected chi connectivity index (χ3v) is 6.60. The summed E-state index contributed by atoms with van der Waals surface area (Å²) in [7, 11) is 0. The SMILES string of the molecule is C[C@]1(c2nnc(-c3ncccc3Nc3ccc(C(F)(F)F)cc3)s2)CCNC1=S. The van der Waals surface area contributed by atoms with Gasteiger partial charge in [0, 0.05) is 18.4 Å². The first-order valence-electron chi connectivity index (χ1n) is 8.79. The number of benzene rings is 1. The van der Waals surface area contributed by atoms with Crippen molar-refractivity contribution in [2.75, 3.05) is 11.9 Å². The predicted octanol–water partition coefficient (Wildman–Crippen LogP) is 4.94. The molecule has 0 bridgehead atoms. The lowest BCUT2D eigenvalue weighted by Crippen LogP contribution is -2.30. The van der Waals surface area contributed by atoms with Crippen molar-refractivity contribution in [3.63, 3.8) is 0 Å². The Bertz CT molecular complexity index is 1050. The number of nitrogens with one attached hydrogen (secondary N) is 2. The molecule has 1 saturated heterocycles. The van der Waals surface area contributed by atoms with E-state index < -0.39 is 11.7 Å². The molecule has 150 valence electrons. The molecule has 0 amide bonds. The number of alkyl halides is 3. The van der Waals surface area contributed by atoms with Crippen LogP contribution in [0.2, 0.25) is 0 Å². The van der Waals surface area contributed by atoms with Gasteiger partial charge in [0.25, 0.3) is 0 Å². The van der Waals surface area contributed by atoms with Crippen LogP contribution in [-0.2, 0) is 11.6 Å². The van der Waals surface area contributed by atoms with Crippen molar-refractivity contribution in [2.24, 2.45) is 0 Å². The van der Waals surface area contributed by atoms with Crippen LogP contribution in [0.1, 0.15) is 23.9 Å². The van der Waals surface area contributed by atoms with Crippen LogP contribution in [-0.4, -0.2) is 26.7 Å². The summed E-state index contributed by atoms with van der Waals surface area (Å²) in [4.78, 5) is 5.15. The maximum Gasteiger partial charge on any atom is 0.416 e. The summed E-state index contributed by atoms with van der Waals surface area (Å²) in [5.74, 6) is 0. The average molecular weight is 436 g/mol. The van der Waals surface area contributed by atoms with E-state index >= 15 is 0 Å². The number of aromatic nitrogens is 3. The van der Waals surface area contributed by atoms with Crippen LogP contribution in [0.4, 0.5) is 24.5 Å². The molecule has 4 rings (SSSR count). The molecule has 2 aromatic heterocycles. The molecular weight excluding hydrogens is 419 g/mol. The second kappa shape index (κ2) is 7.34. The van der Waals surface area contributed by atoms with E-state index in [4.69, 9.17) is 12.2 Å². The van der Waals surface area contributed by atoms with Crippen LogP contribution in [0.3, 0.4) is 0 Å². The van der Waals surface area contributed by atoms with Crippen molar-refractivity contribution >= 4 is 39.9 Å². The van der Waals surface area contributed by atoms with Crippen LogP contribution in [0.5, 0.6) is 0 Å². The van der Waals surface area contributed by atoms with Gasteiger partial charge in [0.1, 0.15) is 10.7 Å². The van der Waals surface area contributed by atoms with Gasteiger partial charge in [-0.05, 0) is 49.7 Å². The van der Waals surface area contributed by atoms with Gasteiger partial charge in [-0.15, -0.1) is 10.2 Å². The van der Waals surface area contributed by atoms with Crippen LogP contribution in [0, 0.1) is 0 Å². The summed E-state index contributed by atoms with van der Waals surface area (Å²) in [6.07, 6.45) is -1.89. The Hall–Kier alpha value is -2.59. The number of thiocarbonyl (C=S) groups is 1. The average Bonchev–Trinajstić information content (AvgIpc) is 3.30. The van der Waals surface area contributed by atoms with Gasteiger partial charge in [0.2, 0.25) is 0 Å². The first kappa shape index (κ1) is 19.7. The molecule has 1 aliphatic heterocycles. The zero-order chi connectivity index (χ0) is 20.6. The summed E-state index contributed by atoms with van der Waals surface area (Å²) in [6, 6.07) is 8.38. The highest BCUT2D eigenvalue weighted by atomic mass is 32.1. The molecule has 0 radical (unpaired) electrons. The zero-order valence-corrected chi connectivity index (χ0v) is 16.9. The van der Waals surface area contributed by atoms with Crippen molar-refractivity contribution in [2.45, 2.75) is 24.9 Å². The van der Waals surface area contributed by atoms with Crippen LogP contribution in [0.15, 0.2) is 42.6 Å². The molecule has 3 heterocycles. The van der Waals surface area contributed by atoms with Crippen molar-refractivity contribution in [3.05, 3.63) is 53.2 Å². The van der Waals surface area contributed by atoms with E-state index in [1.807, 2.05) is 6.92 Å². The Kier molecular flexibility index (Phi) is 4.99. The standard InChI is InChI=1S/C19H16F3N5S2/c1-18(8-10-24-16(18)28)17-27-26-15(29-17)14-13(3-2-9-23-14)25-12-6-4-11(5-7-12)19(20,21)22/h2-7,9,25H,8,10H2,1H3,(H,24,28)/t18-/m0/s1. The summed E-state index contributed by atoms with van der Waals surface area (Å²) < 4.78 is 38.3. The number of hydrogen-bond donors (Lipinski definition) is 2. The molecule has 0 spiro atoms. The number of rotatable bonds is 4. The van der Waals surface area contributed by atoms with E-state index in [1.165, 1.54) is 23.5 Å². The number of hydrogen-bond acceptors (Lipinski definition) is 6. The maximum atomic E-state index is 12.8. The molecule has 10 heteroatoms. The van der Waals surface area contributed by atoms with Gasteiger partial charge in [-0.2, -0.15) is 13.2 Å². The Balaban J connectivity index is 1.62. The zero-order valence-electron chi connectivity index (χ0n) is 15.2. The highest BCUT2D eigenvalue weighted by molar-refractivity contribution is 7.80. The smallest absolute Gasteiger partial charge is 0.379 e. The fourth-order valence-corrected chi connectivity index (χ4v) is 4.46. The number of pyridine rings is 1. The lowest BCUT2D eigenvalue weighted by molar-refractivity contribution is -0.137. The molecule has 1 aromatic carbocycles. The van der Waals surface area contributed by atoms with Gasteiger partial charge in [-0.3, -0.25) is 4.98 Å². The van der Waals surface area contributed by atoms with Gasteiger partial charge in [0.15, 0.2) is 5.01 Å². The summed E-state index contributed by atoms with van der Waals surface area (Å²) in [5, 5.41) is 16.3. The molecule has 1 atom stereocenters. The number of halogens is 3. The highest BCUT2D eigenvalue weighted by Gasteiger charge is 2.39. The van der Waals surface area contributed by atoms with Gasteiger partial charge >= 0.3 is 6.18 Å². The normalized spacial score (nSPS) is 19.2. The van der Waals surface area contributed by atoms with Crippen molar-refractivity contribution in [1.29, 1.82) is 0 Å². The third kappa shape index (κ3) is 3.82. The lowest BCUT2D eigenvalue weighted by atomic mass is 9.91. The van der Waals surface area contributed by atoms with E-state index in [-0.39, 0.29) is 5.41 Å². The van der Waals surface area contributed by atoms with E-state index in [0.717, 1.165) is 35.1 Å². The van der Waals surface area contributed by atoms with Crippen molar-refractivity contribution in [1.82, 2.24) is 20.5 Å². The molecule has 1 aliphatic rings. The minimum absolute atomic E-state index is 0.346. The minimum Gasteiger partial charge on any atom is -0.379 e. The van der Waals surface area contributed by atoms with Crippen LogP contribution in [0.25, 0.3) is 10.7 Å². The molecule has 2 N–H and O–H groups in total. The summed E-state index contributed by atoms with van der Waals surface area (Å²) in [6.45, 7) is 2.84. The van der Waals surface area contributed by atoms with E-state index in [2.05, 4.69) is 25.8 Å².